The van der Waals surface area contributed by atoms with Crippen LogP contribution in [0.25, 0.3) is 0 Å². The molecule has 0 aliphatic carbocycles. The molecule has 1 aliphatic rings. The lowest BCUT2D eigenvalue weighted by Gasteiger charge is -2.10. The third kappa shape index (κ3) is 2.20. The number of Topliss-reactive ketones (excluding diaryl/α,β-unsaturated/α-hetero) is 1. The maximum absolute atomic E-state index is 12.4. The highest BCUT2D eigenvalue weighted by atomic mass is 16.6. The van der Waals surface area contributed by atoms with Crippen molar-refractivity contribution in [1.29, 1.82) is 0 Å². The van der Waals surface area contributed by atoms with E-state index in [0.717, 1.165) is 5.56 Å². The van der Waals surface area contributed by atoms with Gasteiger partial charge in [0.1, 0.15) is 22.8 Å². The highest BCUT2D eigenvalue weighted by Gasteiger charge is 2.27. The number of ketones is 1. The number of hydrogen-bond donors (Lipinski definition) is 0. The van der Waals surface area contributed by atoms with Crippen LogP contribution < -0.4 is 9.47 Å². The molecule has 0 spiro atoms. The van der Waals surface area contributed by atoms with Crippen molar-refractivity contribution in [3.05, 3.63) is 57.6 Å². The molecule has 0 bridgehead atoms. The van der Waals surface area contributed by atoms with Gasteiger partial charge < -0.3 is 9.47 Å². The number of carbonyl (C=O) groups excluding carboxylic acids is 1. The van der Waals surface area contributed by atoms with E-state index in [2.05, 4.69) is 0 Å². The minimum Gasteiger partial charge on any atom is -0.496 e. The van der Waals surface area contributed by atoms with Crippen molar-refractivity contribution in [3.8, 4) is 17.2 Å². The first kappa shape index (κ1) is 13.1. The second kappa shape index (κ2) is 4.90. The summed E-state index contributed by atoms with van der Waals surface area (Å²) in [5, 5.41) is 11.0. The number of carbonyl (C=O) groups is 1. The van der Waals surface area contributed by atoms with E-state index in [1.165, 1.54) is 19.2 Å². The predicted molar refractivity (Wildman–Crippen MR) is 74.2 cm³/mol. The second-order valence-electron chi connectivity index (χ2n) is 4.59. The van der Waals surface area contributed by atoms with Crippen molar-refractivity contribution in [3.63, 3.8) is 0 Å². The van der Waals surface area contributed by atoms with Crippen LogP contribution in [0.1, 0.15) is 15.9 Å². The normalized spacial score (nSPS) is 12.7. The van der Waals surface area contributed by atoms with Crippen molar-refractivity contribution in [1.82, 2.24) is 0 Å². The van der Waals surface area contributed by atoms with Crippen molar-refractivity contribution < 1.29 is 19.2 Å². The van der Waals surface area contributed by atoms with Crippen molar-refractivity contribution in [2.24, 2.45) is 0 Å². The van der Waals surface area contributed by atoms with E-state index in [0.29, 0.717) is 5.75 Å². The zero-order valence-electron chi connectivity index (χ0n) is 11.2. The van der Waals surface area contributed by atoms with Crippen molar-refractivity contribution in [2.75, 3.05) is 7.11 Å². The number of fused-ring (bicyclic) bond motifs is 2. The third-order valence-electron chi connectivity index (χ3n) is 3.30. The molecule has 0 fully saturated rings. The summed E-state index contributed by atoms with van der Waals surface area (Å²) in [6, 6.07) is 9.59. The molecule has 2 aromatic carbocycles. The van der Waals surface area contributed by atoms with E-state index < -0.39 is 4.92 Å². The summed E-state index contributed by atoms with van der Waals surface area (Å²) in [6.07, 6.45) is 0.164. The Morgan fingerprint density at radius 2 is 2.00 bits per heavy atom. The topological polar surface area (TPSA) is 78.7 Å². The predicted octanol–water partition coefficient (Wildman–Crippen LogP) is 3.13. The van der Waals surface area contributed by atoms with Crippen molar-refractivity contribution in [2.45, 2.75) is 6.42 Å². The first-order valence-corrected chi connectivity index (χ1v) is 6.25. The molecule has 21 heavy (non-hydrogen) atoms. The molecule has 0 amide bonds. The highest BCUT2D eigenvalue weighted by Crippen LogP contribution is 2.40. The monoisotopic (exact) mass is 285 g/mol. The zero-order chi connectivity index (χ0) is 15.0. The average molecular weight is 285 g/mol. The Labute approximate surface area is 120 Å². The van der Waals surface area contributed by atoms with Gasteiger partial charge in [-0.15, -0.1) is 0 Å². The van der Waals surface area contributed by atoms with Gasteiger partial charge in [0, 0.05) is 12.0 Å². The Morgan fingerprint density at radius 1 is 1.24 bits per heavy atom. The molecule has 3 rings (SSSR count). The molecule has 1 aliphatic heterocycles. The molecular formula is C15H11NO5. The van der Waals surface area contributed by atoms with Gasteiger partial charge in [0.15, 0.2) is 5.78 Å². The molecule has 0 unspecified atom stereocenters. The molecule has 1 heterocycles. The van der Waals surface area contributed by atoms with Crippen LogP contribution in [-0.4, -0.2) is 17.8 Å². The molecule has 0 N–H and O–H groups in total. The quantitative estimate of drug-likeness (QED) is 0.625. The summed E-state index contributed by atoms with van der Waals surface area (Å²) in [4.78, 5) is 22.8. The van der Waals surface area contributed by atoms with E-state index >= 15 is 0 Å². The van der Waals surface area contributed by atoms with Gasteiger partial charge in [0.25, 0.3) is 5.69 Å². The van der Waals surface area contributed by atoms with Crippen LogP contribution in [0.2, 0.25) is 0 Å². The molecule has 6 heteroatoms. The second-order valence-corrected chi connectivity index (χ2v) is 4.59. The molecule has 0 saturated carbocycles. The van der Waals surface area contributed by atoms with Gasteiger partial charge in [-0.2, -0.15) is 0 Å². The Kier molecular flexibility index (Phi) is 3.06. The fourth-order valence-corrected chi connectivity index (χ4v) is 2.33. The summed E-state index contributed by atoms with van der Waals surface area (Å²) in [5.41, 5.74) is 0.792. The Morgan fingerprint density at radius 3 is 2.71 bits per heavy atom. The largest absolute Gasteiger partial charge is 0.496 e. The standard InChI is InChI=1S/C15H11NO5/c1-20-13-7-10(16(18)19)8-14-15(13)11(17)6-9-4-2-3-5-12(9)21-14/h2-5,7-8H,6H2,1H3. The smallest absolute Gasteiger partial charge is 0.276 e. The number of nitrogens with zero attached hydrogens (tertiary/aromatic N) is 1. The van der Waals surface area contributed by atoms with Crippen LogP contribution in [0, 0.1) is 10.1 Å². The number of benzene rings is 2. The summed E-state index contributed by atoms with van der Waals surface area (Å²) in [7, 11) is 1.37. The lowest BCUT2D eigenvalue weighted by Crippen LogP contribution is -2.05. The number of non-ortho nitro benzene ring substituents is 1. The summed E-state index contributed by atoms with van der Waals surface area (Å²) >= 11 is 0. The summed E-state index contributed by atoms with van der Waals surface area (Å²) in [5.74, 6) is 0.627. The summed E-state index contributed by atoms with van der Waals surface area (Å²) < 4.78 is 10.8. The number of para-hydroxylation sites is 1. The lowest BCUT2D eigenvalue weighted by atomic mass is 10.0. The van der Waals surface area contributed by atoms with Gasteiger partial charge >= 0.3 is 0 Å². The molecular weight excluding hydrogens is 274 g/mol. The molecule has 6 nitrogen and oxygen atoms in total. The maximum atomic E-state index is 12.4. The maximum Gasteiger partial charge on any atom is 0.276 e. The first-order valence-electron chi connectivity index (χ1n) is 6.25. The number of methoxy groups -OCH3 is 1. The average Bonchev–Trinajstić information content (AvgIpc) is 2.61. The number of nitro benzene ring substituents is 1. The van der Waals surface area contributed by atoms with E-state index in [4.69, 9.17) is 9.47 Å². The minimum absolute atomic E-state index is 0.149. The minimum atomic E-state index is -0.548. The summed E-state index contributed by atoms with van der Waals surface area (Å²) in [6.45, 7) is 0. The first-order chi connectivity index (χ1) is 10.1. The van der Waals surface area contributed by atoms with Crippen LogP contribution in [-0.2, 0) is 6.42 Å². The van der Waals surface area contributed by atoms with Crippen LogP contribution in [0.5, 0.6) is 17.2 Å². The third-order valence-corrected chi connectivity index (χ3v) is 3.30. The lowest BCUT2D eigenvalue weighted by molar-refractivity contribution is -0.385. The van der Waals surface area contributed by atoms with Crippen LogP contribution in [0.4, 0.5) is 5.69 Å². The number of ether oxygens (including phenoxy) is 2. The van der Waals surface area contributed by atoms with E-state index in [9.17, 15) is 14.9 Å². The fourth-order valence-electron chi connectivity index (χ4n) is 2.33. The van der Waals surface area contributed by atoms with Crippen molar-refractivity contribution >= 4 is 11.5 Å². The SMILES string of the molecule is COc1cc([N+](=O)[O-])cc2c1C(=O)Cc1ccccc1O2. The molecule has 106 valence electrons. The molecule has 2 aromatic rings. The van der Waals surface area contributed by atoms with Crippen LogP contribution in [0.3, 0.4) is 0 Å². The zero-order valence-corrected chi connectivity index (χ0v) is 11.2. The van der Waals surface area contributed by atoms with E-state index in [-0.39, 0.29) is 35.0 Å². The number of rotatable bonds is 2. The van der Waals surface area contributed by atoms with E-state index in [1.54, 1.807) is 18.2 Å². The van der Waals surface area contributed by atoms with Gasteiger partial charge in [0.05, 0.1) is 24.2 Å². The Bertz CT molecular complexity index is 754. The highest BCUT2D eigenvalue weighted by molar-refractivity contribution is 6.04. The molecule has 0 aromatic heterocycles. The Balaban J connectivity index is 2.23. The van der Waals surface area contributed by atoms with Gasteiger partial charge in [-0.05, 0) is 6.07 Å². The van der Waals surface area contributed by atoms with Crippen LogP contribution in [0.15, 0.2) is 36.4 Å². The number of hydrogen-bond acceptors (Lipinski definition) is 5. The van der Waals surface area contributed by atoms with Gasteiger partial charge in [-0.25, -0.2) is 0 Å². The van der Waals surface area contributed by atoms with Gasteiger partial charge in [-0.3, -0.25) is 14.9 Å². The van der Waals surface area contributed by atoms with E-state index in [1.807, 2.05) is 6.07 Å². The molecule has 0 radical (unpaired) electrons. The van der Waals surface area contributed by atoms with Crippen LogP contribution >= 0.6 is 0 Å². The fraction of sp³-hybridized carbons (Fsp3) is 0.133. The van der Waals surface area contributed by atoms with Gasteiger partial charge in [-0.1, -0.05) is 18.2 Å². The molecule has 0 saturated heterocycles. The molecule has 0 atom stereocenters. The Hall–Kier alpha value is -2.89. The van der Waals surface area contributed by atoms with Gasteiger partial charge in [0.2, 0.25) is 0 Å². The number of nitro groups is 1.